The fourth-order valence-electron chi connectivity index (χ4n) is 1.76. The van der Waals surface area contributed by atoms with Gasteiger partial charge in [0.1, 0.15) is 16.6 Å². The van der Waals surface area contributed by atoms with Crippen molar-refractivity contribution in [3.05, 3.63) is 45.4 Å². The van der Waals surface area contributed by atoms with E-state index in [0.717, 1.165) is 22.4 Å². The molecule has 1 atom stereocenters. The maximum absolute atomic E-state index is 13.6. The lowest BCUT2D eigenvalue weighted by atomic mass is 10.1. The Kier molecular flexibility index (Phi) is 4.52. The van der Waals surface area contributed by atoms with Gasteiger partial charge in [0.05, 0.1) is 17.3 Å². The van der Waals surface area contributed by atoms with Gasteiger partial charge in [-0.25, -0.2) is 13.8 Å². The van der Waals surface area contributed by atoms with Gasteiger partial charge in [-0.15, -0.1) is 11.3 Å². The predicted molar refractivity (Wildman–Crippen MR) is 78.1 cm³/mol. The third kappa shape index (κ3) is 3.36. The van der Waals surface area contributed by atoms with E-state index in [9.17, 15) is 13.6 Å². The summed E-state index contributed by atoms with van der Waals surface area (Å²) in [6, 6.07) is 1.23. The van der Waals surface area contributed by atoms with Crippen LogP contribution in [0.2, 0.25) is 0 Å². The second-order valence-electron chi connectivity index (χ2n) is 4.57. The summed E-state index contributed by atoms with van der Waals surface area (Å²) < 4.78 is 26.7. The summed E-state index contributed by atoms with van der Waals surface area (Å²) in [6.45, 7) is 3.76. The van der Waals surface area contributed by atoms with Gasteiger partial charge >= 0.3 is 0 Å². The number of halogens is 2. The fraction of sp³-hybridized carbons (Fsp3) is 0.286. The van der Waals surface area contributed by atoms with Gasteiger partial charge in [0.2, 0.25) is 0 Å². The van der Waals surface area contributed by atoms with Crippen molar-refractivity contribution in [3.8, 4) is 0 Å². The molecule has 0 aliphatic heterocycles. The summed E-state index contributed by atoms with van der Waals surface area (Å²) in [7, 11) is 0. The summed E-state index contributed by atoms with van der Waals surface area (Å²) in [4.78, 5) is 17.4. The van der Waals surface area contributed by atoms with Crippen LogP contribution in [-0.2, 0) is 6.42 Å². The Morgan fingerprint density at radius 2 is 2.14 bits per heavy atom. The molecule has 1 heterocycles. The number of rotatable bonds is 4. The number of amides is 1. The van der Waals surface area contributed by atoms with Crippen LogP contribution in [0.15, 0.2) is 18.3 Å². The molecular formula is C14H15F2N3OS. The average Bonchev–Trinajstić information content (AvgIpc) is 2.91. The van der Waals surface area contributed by atoms with Crippen LogP contribution in [-0.4, -0.2) is 10.9 Å². The monoisotopic (exact) mass is 311 g/mol. The predicted octanol–water partition coefficient (Wildman–Crippen LogP) is 3.06. The first-order chi connectivity index (χ1) is 9.92. The quantitative estimate of drug-likeness (QED) is 0.853. The zero-order valence-corrected chi connectivity index (χ0v) is 12.4. The van der Waals surface area contributed by atoms with E-state index >= 15 is 0 Å². The van der Waals surface area contributed by atoms with E-state index < -0.39 is 17.5 Å². The molecule has 0 aliphatic carbocycles. The average molecular weight is 311 g/mol. The van der Waals surface area contributed by atoms with Gasteiger partial charge in [0.15, 0.2) is 0 Å². The van der Waals surface area contributed by atoms with Gasteiger partial charge in [-0.2, -0.15) is 0 Å². The second kappa shape index (κ2) is 6.17. The number of nitrogen functional groups attached to an aromatic ring is 1. The van der Waals surface area contributed by atoms with Crippen LogP contribution in [0.1, 0.15) is 40.1 Å². The molecule has 112 valence electrons. The first kappa shape index (κ1) is 15.4. The Hall–Kier alpha value is -2.02. The SMILES string of the molecule is CCc1cnc(C(C)NC(=O)c2cc(N)c(F)cc2F)s1. The van der Waals surface area contributed by atoms with Crippen LogP contribution in [0.4, 0.5) is 14.5 Å². The number of carbonyl (C=O) groups is 1. The number of benzene rings is 1. The Labute approximate surface area is 125 Å². The van der Waals surface area contributed by atoms with Crippen molar-refractivity contribution in [2.45, 2.75) is 26.3 Å². The zero-order valence-electron chi connectivity index (χ0n) is 11.6. The summed E-state index contributed by atoms with van der Waals surface area (Å²) >= 11 is 1.48. The molecule has 0 radical (unpaired) electrons. The number of hydrogen-bond acceptors (Lipinski definition) is 4. The molecule has 7 heteroatoms. The topological polar surface area (TPSA) is 68.0 Å². The van der Waals surface area contributed by atoms with Crippen LogP contribution in [0.25, 0.3) is 0 Å². The molecule has 0 bridgehead atoms. The lowest BCUT2D eigenvalue weighted by Crippen LogP contribution is -2.27. The number of nitrogens with zero attached hydrogens (tertiary/aromatic N) is 1. The summed E-state index contributed by atoms with van der Waals surface area (Å²) in [5.41, 5.74) is 4.81. The molecule has 1 unspecified atom stereocenters. The van der Waals surface area contributed by atoms with Crippen LogP contribution in [0.3, 0.4) is 0 Å². The highest BCUT2D eigenvalue weighted by atomic mass is 32.1. The van der Waals surface area contributed by atoms with Crippen molar-refractivity contribution in [1.82, 2.24) is 10.3 Å². The van der Waals surface area contributed by atoms with E-state index in [1.54, 1.807) is 13.1 Å². The summed E-state index contributed by atoms with van der Waals surface area (Å²) in [5.74, 6) is -2.48. The van der Waals surface area contributed by atoms with Crippen molar-refractivity contribution >= 4 is 22.9 Å². The minimum Gasteiger partial charge on any atom is -0.396 e. The minimum absolute atomic E-state index is 0.267. The number of nitrogens with two attached hydrogens (primary N) is 1. The molecule has 0 aliphatic rings. The lowest BCUT2D eigenvalue weighted by molar-refractivity contribution is 0.0935. The summed E-state index contributed by atoms with van der Waals surface area (Å²) in [5, 5.41) is 3.36. The molecule has 3 N–H and O–H groups in total. The number of aromatic nitrogens is 1. The molecule has 4 nitrogen and oxygen atoms in total. The van der Waals surface area contributed by atoms with Crippen LogP contribution in [0, 0.1) is 11.6 Å². The van der Waals surface area contributed by atoms with Crippen molar-refractivity contribution < 1.29 is 13.6 Å². The third-order valence-electron chi connectivity index (χ3n) is 2.97. The molecule has 2 rings (SSSR count). The molecule has 0 saturated carbocycles. The second-order valence-corrected chi connectivity index (χ2v) is 5.71. The number of aryl methyl sites for hydroxylation is 1. The Morgan fingerprint density at radius 3 is 2.76 bits per heavy atom. The first-order valence-corrected chi connectivity index (χ1v) is 7.24. The van der Waals surface area contributed by atoms with Crippen molar-refractivity contribution in [2.75, 3.05) is 5.73 Å². The third-order valence-corrected chi connectivity index (χ3v) is 4.29. The van der Waals surface area contributed by atoms with Gasteiger partial charge in [-0.05, 0) is 19.4 Å². The Balaban J connectivity index is 2.16. The highest BCUT2D eigenvalue weighted by Crippen LogP contribution is 2.22. The van der Waals surface area contributed by atoms with Gasteiger partial charge < -0.3 is 11.1 Å². The van der Waals surface area contributed by atoms with Crippen LogP contribution < -0.4 is 11.1 Å². The number of carbonyl (C=O) groups excluding carboxylic acids is 1. The molecule has 0 spiro atoms. The molecule has 1 amide bonds. The van der Waals surface area contributed by atoms with E-state index in [2.05, 4.69) is 10.3 Å². The van der Waals surface area contributed by atoms with E-state index in [-0.39, 0.29) is 17.3 Å². The molecular weight excluding hydrogens is 296 g/mol. The van der Waals surface area contributed by atoms with Gasteiger partial charge in [-0.3, -0.25) is 4.79 Å². The normalized spacial score (nSPS) is 12.2. The Morgan fingerprint density at radius 1 is 1.43 bits per heavy atom. The van der Waals surface area contributed by atoms with Crippen molar-refractivity contribution in [2.24, 2.45) is 0 Å². The molecule has 1 aromatic carbocycles. The number of thiazole rings is 1. The van der Waals surface area contributed by atoms with Crippen molar-refractivity contribution in [3.63, 3.8) is 0 Å². The Bertz CT molecular complexity index is 672. The lowest BCUT2D eigenvalue weighted by Gasteiger charge is -2.12. The highest BCUT2D eigenvalue weighted by Gasteiger charge is 2.19. The maximum atomic E-state index is 13.6. The first-order valence-electron chi connectivity index (χ1n) is 6.42. The molecule has 2 aromatic rings. The molecule has 0 fully saturated rings. The maximum Gasteiger partial charge on any atom is 0.254 e. The van der Waals surface area contributed by atoms with Gasteiger partial charge in [-0.1, -0.05) is 6.92 Å². The number of nitrogens with one attached hydrogen (secondary N) is 1. The number of hydrogen-bond donors (Lipinski definition) is 2. The summed E-state index contributed by atoms with van der Waals surface area (Å²) in [6.07, 6.45) is 2.61. The number of anilines is 1. The fourth-order valence-corrected chi connectivity index (χ4v) is 2.62. The van der Waals surface area contributed by atoms with Crippen LogP contribution >= 0.6 is 11.3 Å². The van der Waals surface area contributed by atoms with E-state index in [1.165, 1.54) is 11.3 Å². The van der Waals surface area contributed by atoms with Crippen molar-refractivity contribution in [1.29, 1.82) is 0 Å². The zero-order chi connectivity index (χ0) is 15.6. The standard InChI is InChI=1S/C14H15F2N3OS/c1-3-8-6-18-14(21-8)7(2)19-13(20)9-4-12(17)11(16)5-10(9)15/h4-7H,3,17H2,1-2H3,(H,19,20). The molecule has 21 heavy (non-hydrogen) atoms. The van der Waals surface area contributed by atoms with E-state index in [1.807, 2.05) is 6.92 Å². The molecule has 1 aromatic heterocycles. The smallest absolute Gasteiger partial charge is 0.254 e. The largest absolute Gasteiger partial charge is 0.396 e. The highest BCUT2D eigenvalue weighted by molar-refractivity contribution is 7.11. The minimum atomic E-state index is -0.945. The van der Waals surface area contributed by atoms with Gasteiger partial charge in [0.25, 0.3) is 5.91 Å². The van der Waals surface area contributed by atoms with Crippen LogP contribution in [0.5, 0.6) is 0 Å². The van der Waals surface area contributed by atoms with E-state index in [4.69, 9.17) is 5.73 Å². The molecule has 0 saturated heterocycles. The van der Waals surface area contributed by atoms with E-state index in [0.29, 0.717) is 6.07 Å². The van der Waals surface area contributed by atoms with Gasteiger partial charge in [0, 0.05) is 17.1 Å².